The fourth-order valence-electron chi connectivity index (χ4n) is 2.16. The van der Waals surface area contributed by atoms with Gasteiger partial charge in [-0.15, -0.1) is 0 Å². The molecule has 1 atom stereocenters. The summed E-state index contributed by atoms with van der Waals surface area (Å²) in [6.45, 7) is 0. The second-order valence-electron chi connectivity index (χ2n) is 4.83. The molecule has 1 aliphatic rings. The largest absolute Gasteiger partial charge is 0.479 e. The summed E-state index contributed by atoms with van der Waals surface area (Å²) < 4.78 is 0.970. The average molecular weight is 358 g/mol. The molecule has 2 N–H and O–H groups in total. The first-order chi connectivity index (χ1) is 9.53. The Morgan fingerprint density at radius 1 is 1.40 bits per heavy atom. The zero-order valence-electron chi connectivity index (χ0n) is 10.9. The van der Waals surface area contributed by atoms with Crippen LogP contribution in [0.1, 0.15) is 18.4 Å². The number of aliphatic carboxylic acids is 1. The van der Waals surface area contributed by atoms with Crippen molar-refractivity contribution < 1.29 is 14.7 Å². The summed E-state index contributed by atoms with van der Waals surface area (Å²) >= 11 is 5.00. The number of halogens is 1. The molecule has 1 fully saturated rings. The van der Waals surface area contributed by atoms with Gasteiger partial charge in [-0.1, -0.05) is 34.1 Å². The third-order valence-electron chi connectivity index (χ3n) is 3.39. The number of hydrogen-bond donors (Lipinski definition) is 2. The predicted molar refractivity (Wildman–Crippen MR) is 82.9 cm³/mol. The first-order valence-electron chi connectivity index (χ1n) is 6.39. The summed E-state index contributed by atoms with van der Waals surface area (Å²) in [4.78, 5) is 23.3. The number of nitrogens with one attached hydrogen (secondary N) is 1. The molecule has 1 saturated heterocycles. The van der Waals surface area contributed by atoms with Crippen LogP contribution in [0.2, 0.25) is 0 Å². The van der Waals surface area contributed by atoms with Crippen LogP contribution in [-0.2, 0) is 16.0 Å². The molecule has 2 rings (SSSR count). The summed E-state index contributed by atoms with van der Waals surface area (Å²) in [7, 11) is 0. The Morgan fingerprint density at radius 2 is 2.15 bits per heavy atom. The lowest BCUT2D eigenvalue weighted by Gasteiger charge is -2.24. The summed E-state index contributed by atoms with van der Waals surface area (Å²) in [5.74, 6) is 0.0855. The molecule has 108 valence electrons. The molecule has 1 aromatic carbocycles. The zero-order valence-corrected chi connectivity index (χ0v) is 13.3. The lowest BCUT2D eigenvalue weighted by molar-refractivity contribution is -0.146. The molecule has 1 aromatic rings. The number of amides is 1. The number of carboxylic acids is 1. The maximum Gasteiger partial charge on any atom is 0.330 e. The van der Waals surface area contributed by atoms with Crippen molar-refractivity contribution in [3.05, 3.63) is 34.3 Å². The van der Waals surface area contributed by atoms with E-state index in [0.717, 1.165) is 15.8 Å². The topological polar surface area (TPSA) is 66.4 Å². The molecule has 1 amide bonds. The van der Waals surface area contributed by atoms with Crippen molar-refractivity contribution in [1.29, 1.82) is 0 Å². The smallest absolute Gasteiger partial charge is 0.330 e. The van der Waals surface area contributed by atoms with E-state index >= 15 is 0 Å². The standard InChI is InChI=1S/C14H16BrNO3S/c15-11-4-2-1-3-10(11)5-6-12(17)16-14(13(18)19)7-8-20-9-14/h1-4H,5-9H2,(H,16,17)(H,18,19). The minimum Gasteiger partial charge on any atom is -0.479 e. The van der Waals surface area contributed by atoms with Crippen LogP contribution < -0.4 is 5.32 Å². The highest BCUT2D eigenvalue weighted by molar-refractivity contribution is 9.10. The lowest BCUT2D eigenvalue weighted by atomic mass is 9.98. The van der Waals surface area contributed by atoms with E-state index in [1.807, 2.05) is 24.3 Å². The zero-order chi connectivity index (χ0) is 14.6. The molecule has 0 bridgehead atoms. The number of carbonyl (C=O) groups excluding carboxylic acids is 1. The van der Waals surface area contributed by atoms with Crippen LogP contribution in [0.5, 0.6) is 0 Å². The Morgan fingerprint density at radius 3 is 2.75 bits per heavy atom. The van der Waals surface area contributed by atoms with E-state index in [2.05, 4.69) is 21.2 Å². The van der Waals surface area contributed by atoms with Gasteiger partial charge in [0.1, 0.15) is 5.54 Å². The third kappa shape index (κ3) is 3.55. The molecular weight excluding hydrogens is 342 g/mol. The van der Waals surface area contributed by atoms with E-state index < -0.39 is 11.5 Å². The Kier molecular flexibility index (Phi) is 5.10. The van der Waals surface area contributed by atoms with E-state index in [9.17, 15) is 14.7 Å². The maximum atomic E-state index is 12.0. The van der Waals surface area contributed by atoms with E-state index in [4.69, 9.17) is 0 Å². The van der Waals surface area contributed by atoms with Crippen LogP contribution in [0.4, 0.5) is 0 Å². The number of aryl methyl sites for hydroxylation is 1. The van der Waals surface area contributed by atoms with E-state index in [1.165, 1.54) is 0 Å². The van der Waals surface area contributed by atoms with Crippen molar-refractivity contribution in [3.8, 4) is 0 Å². The van der Waals surface area contributed by atoms with Gasteiger partial charge in [0.15, 0.2) is 0 Å². The van der Waals surface area contributed by atoms with Crippen molar-refractivity contribution in [3.63, 3.8) is 0 Å². The molecule has 6 heteroatoms. The number of carbonyl (C=O) groups is 2. The normalized spacial score (nSPS) is 21.6. The van der Waals surface area contributed by atoms with E-state index in [1.54, 1.807) is 11.8 Å². The molecule has 0 spiro atoms. The van der Waals surface area contributed by atoms with Gasteiger partial charge in [0.05, 0.1) is 0 Å². The summed E-state index contributed by atoms with van der Waals surface area (Å²) in [5.41, 5.74) is -0.0248. The van der Waals surface area contributed by atoms with E-state index in [0.29, 0.717) is 25.0 Å². The second kappa shape index (κ2) is 6.63. The van der Waals surface area contributed by atoms with Gasteiger partial charge in [-0.05, 0) is 30.2 Å². The van der Waals surface area contributed by atoms with Crippen LogP contribution in [-0.4, -0.2) is 34.0 Å². The van der Waals surface area contributed by atoms with Gasteiger partial charge >= 0.3 is 5.97 Å². The molecule has 1 unspecified atom stereocenters. The Balaban J connectivity index is 1.92. The number of thioether (sulfide) groups is 1. The van der Waals surface area contributed by atoms with Crippen LogP contribution in [0, 0.1) is 0 Å². The molecular formula is C14H16BrNO3S. The number of carboxylic acid groups (broad SMARTS) is 1. The highest BCUT2D eigenvalue weighted by atomic mass is 79.9. The SMILES string of the molecule is O=C(CCc1ccccc1Br)NC1(C(=O)O)CCSC1. The lowest BCUT2D eigenvalue weighted by Crippen LogP contribution is -2.54. The van der Waals surface area contributed by atoms with Crippen LogP contribution in [0.25, 0.3) is 0 Å². The fraction of sp³-hybridized carbons (Fsp3) is 0.429. The van der Waals surface area contributed by atoms with Crippen molar-refractivity contribution in [2.45, 2.75) is 24.8 Å². The first kappa shape index (κ1) is 15.4. The Bertz CT molecular complexity index is 515. The summed E-state index contributed by atoms with van der Waals surface area (Å²) in [6.07, 6.45) is 1.38. The average Bonchev–Trinajstić information content (AvgIpc) is 2.88. The minimum absolute atomic E-state index is 0.203. The molecule has 0 aromatic heterocycles. The van der Waals surface area contributed by atoms with Crippen LogP contribution >= 0.6 is 27.7 Å². The summed E-state index contributed by atoms with van der Waals surface area (Å²) in [5, 5.41) is 12.0. The highest BCUT2D eigenvalue weighted by Crippen LogP contribution is 2.28. The molecule has 1 aliphatic heterocycles. The quantitative estimate of drug-likeness (QED) is 0.849. The van der Waals surface area contributed by atoms with Crippen molar-refractivity contribution in [2.24, 2.45) is 0 Å². The molecule has 1 heterocycles. The van der Waals surface area contributed by atoms with Crippen molar-refractivity contribution in [1.82, 2.24) is 5.32 Å². The Labute approximate surface area is 130 Å². The van der Waals surface area contributed by atoms with Crippen molar-refractivity contribution >= 4 is 39.6 Å². The molecule has 0 saturated carbocycles. The fourth-order valence-corrected chi connectivity index (χ4v) is 3.97. The van der Waals surface area contributed by atoms with Gasteiger partial charge in [-0.25, -0.2) is 4.79 Å². The van der Waals surface area contributed by atoms with Gasteiger partial charge in [-0.3, -0.25) is 4.79 Å². The first-order valence-corrected chi connectivity index (χ1v) is 8.34. The van der Waals surface area contributed by atoms with Crippen LogP contribution in [0.15, 0.2) is 28.7 Å². The third-order valence-corrected chi connectivity index (χ3v) is 5.35. The number of benzene rings is 1. The highest BCUT2D eigenvalue weighted by Gasteiger charge is 2.43. The predicted octanol–water partition coefficient (Wildman–Crippen LogP) is 2.46. The molecule has 0 aliphatic carbocycles. The number of rotatable bonds is 5. The molecule has 4 nitrogen and oxygen atoms in total. The number of hydrogen-bond acceptors (Lipinski definition) is 3. The van der Waals surface area contributed by atoms with E-state index in [-0.39, 0.29) is 5.91 Å². The second-order valence-corrected chi connectivity index (χ2v) is 6.79. The minimum atomic E-state index is -1.07. The molecule has 0 radical (unpaired) electrons. The maximum absolute atomic E-state index is 12.0. The van der Waals surface area contributed by atoms with Gasteiger partial charge in [0.2, 0.25) is 5.91 Å². The van der Waals surface area contributed by atoms with Crippen LogP contribution in [0.3, 0.4) is 0 Å². The van der Waals surface area contributed by atoms with Gasteiger partial charge in [0, 0.05) is 16.6 Å². The van der Waals surface area contributed by atoms with Gasteiger partial charge in [0.25, 0.3) is 0 Å². The molecule has 20 heavy (non-hydrogen) atoms. The van der Waals surface area contributed by atoms with Gasteiger partial charge in [-0.2, -0.15) is 11.8 Å². The van der Waals surface area contributed by atoms with Crippen molar-refractivity contribution in [2.75, 3.05) is 11.5 Å². The van der Waals surface area contributed by atoms with Gasteiger partial charge < -0.3 is 10.4 Å². The summed E-state index contributed by atoms with van der Waals surface area (Å²) in [6, 6.07) is 7.72. The Hall–Kier alpha value is -1.01. The monoisotopic (exact) mass is 357 g/mol.